The van der Waals surface area contributed by atoms with Gasteiger partial charge in [0.2, 0.25) is 0 Å². The number of hydrogen-bond donors (Lipinski definition) is 0. The highest BCUT2D eigenvalue weighted by atomic mass is 16.2. The Morgan fingerprint density at radius 1 is 1.40 bits per heavy atom. The van der Waals surface area contributed by atoms with Gasteiger partial charge in [-0.3, -0.25) is 4.90 Å². The van der Waals surface area contributed by atoms with Crippen LogP contribution in [-0.4, -0.2) is 23.3 Å². The SMILES string of the molecule is O=C1[N]N=C2CCCCN12. The highest BCUT2D eigenvalue weighted by molar-refractivity contribution is 6.01. The van der Waals surface area contributed by atoms with Crippen molar-refractivity contribution in [1.29, 1.82) is 0 Å². The number of urea groups is 1. The maximum absolute atomic E-state index is 10.9. The molecular formula is C6H8N3O. The number of amidine groups is 1. The third-order valence-corrected chi connectivity index (χ3v) is 1.83. The monoisotopic (exact) mass is 138 g/mol. The molecule has 0 bridgehead atoms. The first kappa shape index (κ1) is 5.70. The predicted molar refractivity (Wildman–Crippen MR) is 35.5 cm³/mol. The van der Waals surface area contributed by atoms with Crippen LogP contribution < -0.4 is 5.43 Å². The average Bonchev–Trinajstić information content (AvgIpc) is 2.34. The highest BCUT2D eigenvalue weighted by Crippen LogP contribution is 2.15. The standard InChI is InChI=1S/C6H8N3O/c10-6-8-7-5-3-1-2-4-9(5)6/h1-4H2. The minimum Gasteiger partial charge on any atom is -0.277 e. The van der Waals surface area contributed by atoms with Crippen LogP contribution >= 0.6 is 0 Å². The van der Waals surface area contributed by atoms with E-state index in [2.05, 4.69) is 10.5 Å². The van der Waals surface area contributed by atoms with E-state index in [-0.39, 0.29) is 6.03 Å². The zero-order chi connectivity index (χ0) is 6.97. The molecule has 2 amide bonds. The Balaban J connectivity index is 2.18. The van der Waals surface area contributed by atoms with E-state index in [0.717, 1.165) is 31.6 Å². The molecule has 2 rings (SSSR count). The highest BCUT2D eigenvalue weighted by Gasteiger charge is 2.28. The molecule has 2 heterocycles. The number of rotatable bonds is 0. The van der Waals surface area contributed by atoms with Crippen molar-refractivity contribution in [3.8, 4) is 0 Å². The van der Waals surface area contributed by atoms with Crippen LogP contribution in [0.25, 0.3) is 0 Å². The molecule has 0 atom stereocenters. The molecule has 0 saturated carbocycles. The second kappa shape index (κ2) is 1.97. The van der Waals surface area contributed by atoms with Crippen LogP contribution in [0, 0.1) is 0 Å². The molecule has 0 aromatic rings. The summed E-state index contributed by atoms with van der Waals surface area (Å²) in [7, 11) is 0. The summed E-state index contributed by atoms with van der Waals surface area (Å²) in [5.74, 6) is 0.858. The maximum atomic E-state index is 10.9. The van der Waals surface area contributed by atoms with Gasteiger partial charge in [-0.25, -0.2) is 4.79 Å². The lowest BCUT2D eigenvalue weighted by atomic mass is 10.1. The van der Waals surface area contributed by atoms with Crippen molar-refractivity contribution in [2.75, 3.05) is 6.54 Å². The van der Waals surface area contributed by atoms with Crippen LogP contribution in [0.4, 0.5) is 4.79 Å². The summed E-state index contributed by atoms with van der Waals surface area (Å²) in [5.41, 5.74) is 3.46. The van der Waals surface area contributed by atoms with E-state index < -0.39 is 0 Å². The van der Waals surface area contributed by atoms with Crippen molar-refractivity contribution in [3.63, 3.8) is 0 Å². The summed E-state index contributed by atoms with van der Waals surface area (Å²) in [4.78, 5) is 12.5. The summed E-state index contributed by atoms with van der Waals surface area (Å²) in [5, 5.41) is 3.76. The molecule has 4 nitrogen and oxygen atoms in total. The Kier molecular flexibility index (Phi) is 1.12. The largest absolute Gasteiger partial charge is 0.367 e. The third kappa shape index (κ3) is 0.683. The number of amides is 2. The molecule has 0 unspecified atom stereocenters. The van der Waals surface area contributed by atoms with Gasteiger partial charge in [-0.2, -0.15) is 0 Å². The lowest BCUT2D eigenvalue weighted by Crippen LogP contribution is -2.36. The number of fused-ring (bicyclic) bond motifs is 1. The van der Waals surface area contributed by atoms with Crippen LogP contribution in [0.15, 0.2) is 5.10 Å². The van der Waals surface area contributed by atoms with Crippen LogP contribution in [0.2, 0.25) is 0 Å². The first-order valence-electron chi connectivity index (χ1n) is 3.47. The Labute approximate surface area is 58.9 Å². The number of carbonyl (C=O) groups excluding carboxylic acids is 1. The topological polar surface area (TPSA) is 46.8 Å². The summed E-state index contributed by atoms with van der Waals surface area (Å²) in [6.07, 6.45) is 3.13. The minimum atomic E-state index is -0.185. The Morgan fingerprint density at radius 3 is 3.10 bits per heavy atom. The zero-order valence-electron chi connectivity index (χ0n) is 5.58. The number of carbonyl (C=O) groups is 1. The average molecular weight is 138 g/mol. The van der Waals surface area contributed by atoms with Crippen LogP contribution in [0.1, 0.15) is 19.3 Å². The van der Waals surface area contributed by atoms with Crippen LogP contribution in [0.5, 0.6) is 0 Å². The molecule has 1 fully saturated rings. The molecule has 0 aliphatic carbocycles. The molecule has 4 heteroatoms. The lowest BCUT2D eigenvalue weighted by molar-refractivity contribution is 0.223. The van der Waals surface area contributed by atoms with Crippen molar-refractivity contribution in [2.24, 2.45) is 5.10 Å². The molecule has 10 heavy (non-hydrogen) atoms. The molecule has 1 saturated heterocycles. The fourth-order valence-electron chi connectivity index (χ4n) is 1.28. The zero-order valence-corrected chi connectivity index (χ0v) is 5.58. The van der Waals surface area contributed by atoms with Gasteiger partial charge >= 0.3 is 6.03 Å². The molecule has 1 radical (unpaired) electrons. The van der Waals surface area contributed by atoms with Gasteiger partial charge in [0.25, 0.3) is 0 Å². The molecular weight excluding hydrogens is 130 g/mol. The maximum Gasteiger partial charge on any atom is 0.367 e. The summed E-state index contributed by atoms with van der Waals surface area (Å²) < 4.78 is 0. The quantitative estimate of drug-likeness (QED) is 0.481. The second-order valence-corrected chi connectivity index (χ2v) is 2.51. The molecule has 0 aromatic carbocycles. The van der Waals surface area contributed by atoms with Gasteiger partial charge in [-0.15, -0.1) is 5.10 Å². The predicted octanol–water partition coefficient (Wildman–Crippen LogP) is 0.524. The summed E-state index contributed by atoms with van der Waals surface area (Å²) in [6.45, 7) is 0.807. The number of nitrogens with zero attached hydrogens (tertiary/aromatic N) is 3. The third-order valence-electron chi connectivity index (χ3n) is 1.83. The van der Waals surface area contributed by atoms with Crippen molar-refractivity contribution >= 4 is 11.9 Å². The molecule has 2 aliphatic heterocycles. The summed E-state index contributed by atoms with van der Waals surface area (Å²) >= 11 is 0. The molecule has 0 aromatic heterocycles. The number of hydrogen-bond acceptors (Lipinski definition) is 2. The normalized spacial score (nSPS) is 23.8. The van der Waals surface area contributed by atoms with Crippen LogP contribution in [0.3, 0.4) is 0 Å². The first-order valence-corrected chi connectivity index (χ1v) is 3.47. The van der Waals surface area contributed by atoms with E-state index in [1.165, 1.54) is 0 Å². The van der Waals surface area contributed by atoms with E-state index in [0.29, 0.717) is 0 Å². The molecule has 0 spiro atoms. The molecule has 53 valence electrons. The molecule has 0 N–H and O–H groups in total. The Bertz CT molecular complexity index is 199. The van der Waals surface area contributed by atoms with E-state index in [9.17, 15) is 4.79 Å². The first-order chi connectivity index (χ1) is 4.88. The van der Waals surface area contributed by atoms with Gasteiger partial charge < -0.3 is 0 Å². The van der Waals surface area contributed by atoms with Crippen molar-refractivity contribution in [1.82, 2.24) is 10.3 Å². The van der Waals surface area contributed by atoms with E-state index in [1.807, 2.05) is 0 Å². The van der Waals surface area contributed by atoms with Crippen molar-refractivity contribution in [2.45, 2.75) is 19.3 Å². The minimum absolute atomic E-state index is 0.185. The second-order valence-electron chi connectivity index (χ2n) is 2.51. The van der Waals surface area contributed by atoms with Crippen molar-refractivity contribution < 1.29 is 4.79 Å². The summed E-state index contributed by atoms with van der Waals surface area (Å²) in [6, 6.07) is -0.185. The van der Waals surface area contributed by atoms with Gasteiger partial charge in [-0.1, -0.05) is 5.43 Å². The van der Waals surface area contributed by atoms with Gasteiger partial charge in [0.15, 0.2) is 0 Å². The van der Waals surface area contributed by atoms with Gasteiger partial charge in [0.1, 0.15) is 5.84 Å². The molecule has 2 aliphatic rings. The van der Waals surface area contributed by atoms with Gasteiger partial charge in [0, 0.05) is 13.0 Å². The van der Waals surface area contributed by atoms with Crippen molar-refractivity contribution in [3.05, 3.63) is 0 Å². The van der Waals surface area contributed by atoms with Gasteiger partial charge in [-0.05, 0) is 12.8 Å². The van der Waals surface area contributed by atoms with Crippen LogP contribution in [-0.2, 0) is 0 Å². The van der Waals surface area contributed by atoms with E-state index in [1.54, 1.807) is 4.90 Å². The fraction of sp³-hybridized carbons (Fsp3) is 0.667. The smallest absolute Gasteiger partial charge is 0.277 e. The Hall–Kier alpha value is -1.06. The lowest BCUT2D eigenvalue weighted by Gasteiger charge is -2.20. The van der Waals surface area contributed by atoms with E-state index >= 15 is 0 Å². The fourth-order valence-corrected chi connectivity index (χ4v) is 1.28. The van der Waals surface area contributed by atoms with Gasteiger partial charge in [0.05, 0.1) is 0 Å². The van der Waals surface area contributed by atoms with E-state index in [4.69, 9.17) is 0 Å². The number of piperidine rings is 1. The Morgan fingerprint density at radius 2 is 2.30 bits per heavy atom.